The van der Waals surface area contributed by atoms with Crippen LogP contribution in [0.3, 0.4) is 0 Å². The third-order valence-corrected chi connectivity index (χ3v) is 2.28. The fourth-order valence-electron chi connectivity index (χ4n) is 1.28. The van der Waals surface area contributed by atoms with Gasteiger partial charge in [0, 0.05) is 11.3 Å². The van der Waals surface area contributed by atoms with Gasteiger partial charge in [0.1, 0.15) is 12.4 Å². The van der Waals surface area contributed by atoms with Gasteiger partial charge in [-0.25, -0.2) is 8.78 Å². The third-order valence-electron chi connectivity index (χ3n) is 1.96. The first-order valence-corrected chi connectivity index (χ1v) is 5.20. The average molecular weight is 272 g/mol. The van der Waals surface area contributed by atoms with Crippen molar-refractivity contribution in [1.29, 1.82) is 0 Å². The first kappa shape index (κ1) is 14.1. The lowest BCUT2D eigenvalue weighted by atomic mass is 10.1. The van der Waals surface area contributed by atoms with Gasteiger partial charge in [-0.2, -0.15) is 25.8 Å². The van der Waals surface area contributed by atoms with E-state index in [0.29, 0.717) is 0 Å². The summed E-state index contributed by atoms with van der Waals surface area (Å²) < 4.78 is 66.2. The SMILES string of the molecule is FC(F)COc1cccc(C(F)(F)F)c1CS. The van der Waals surface area contributed by atoms with Crippen LogP contribution in [0.1, 0.15) is 11.1 Å². The van der Waals surface area contributed by atoms with Crippen LogP contribution in [-0.4, -0.2) is 13.0 Å². The second-order valence-corrected chi connectivity index (χ2v) is 3.46. The molecule has 0 heterocycles. The van der Waals surface area contributed by atoms with Gasteiger partial charge in [0.25, 0.3) is 6.43 Å². The van der Waals surface area contributed by atoms with Crippen molar-refractivity contribution in [1.82, 2.24) is 0 Å². The maximum atomic E-state index is 12.6. The molecule has 0 aromatic heterocycles. The second-order valence-electron chi connectivity index (χ2n) is 3.14. The summed E-state index contributed by atoms with van der Waals surface area (Å²) in [5.41, 5.74) is -1.15. The Morgan fingerprint density at radius 2 is 1.88 bits per heavy atom. The summed E-state index contributed by atoms with van der Waals surface area (Å²) in [6, 6.07) is 3.18. The summed E-state index contributed by atoms with van der Waals surface area (Å²) in [7, 11) is 0. The van der Waals surface area contributed by atoms with Gasteiger partial charge in [-0.3, -0.25) is 0 Å². The van der Waals surface area contributed by atoms with E-state index in [4.69, 9.17) is 0 Å². The number of thiol groups is 1. The molecule has 0 fully saturated rings. The molecular weight excluding hydrogens is 263 g/mol. The molecule has 17 heavy (non-hydrogen) atoms. The highest BCUT2D eigenvalue weighted by atomic mass is 32.1. The Morgan fingerprint density at radius 3 is 2.35 bits per heavy atom. The van der Waals surface area contributed by atoms with Crippen LogP contribution >= 0.6 is 12.6 Å². The summed E-state index contributed by atoms with van der Waals surface area (Å²) in [6.07, 6.45) is -7.29. The average Bonchev–Trinajstić information content (AvgIpc) is 2.24. The molecule has 0 unspecified atom stereocenters. The van der Waals surface area contributed by atoms with Crippen LogP contribution in [0, 0.1) is 0 Å². The lowest BCUT2D eigenvalue weighted by Gasteiger charge is -2.15. The van der Waals surface area contributed by atoms with Gasteiger partial charge in [-0.1, -0.05) is 6.07 Å². The van der Waals surface area contributed by atoms with Crippen LogP contribution in [-0.2, 0) is 11.9 Å². The van der Waals surface area contributed by atoms with Gasteiger partial charge < -0.3 is 4.74 Å². The molecule has 1 rings (SSSR count). The first-order chi connectivity index (χ1) is 7.86. The third kappa shape index (κ3) is 3.76. The number of halogens is 5. The summed E-state index contributed by atoms with van der Waals surface area (Å²) in [5, 5.41) is 0. The van der Waals surface area contributed by atoms with E-state index in [2.05, 4.69) is 17.4 Å². The van der Waals surface area contributed by atoms with Gasteiger partial charge in [0.05, 0.1) is 5.56 Å². The monoisotopic (exact) mass is 272 g/mol. The summed E-state index contributed by atoms with van der Waals surface area (Å²) in [5.74, 6) is -0.455. The lowest BCUT2D eigenvalue weighted by Crippen LogP contribution is -2.12. The van der Waals surface area contributed by atoms with Crippen LogP contribution < -0.4 is 4.74 Å². The van der Waals surface area contributed by atoms with Crippen molar-refractivity contribution in [2.45, 2.75) is 18.4 Å². The molecule has 1 aromatic rings. The molecule has 0 aliphatic heterocycles. The van der Waals surface area contributed by atoms with Gasteiger partial charge in [0.15, 0.2) is 0 Å². The predicted octanol–water partition coefficient (Wildman–Crippen LogP) is 3.78. The van der Waals surface area contributed by atoms with Gasteiger partial charge in [-0.05, 0) is 12.1 Å². The van der Waals surface area contributed by atoms with Gasteiger partial charge >= 0.3 is 6.18 Å². The highest BCUT2D eigenvalue weighted by Gasteiger charge is 2.34. The Hall–Kier alpha value is -0.980. The largest absolute Gasteiger partial charge is 0.487 e. The molecule has 7 heteroatoms. The number of alkyl halides is 5. The normalized spacial score (nSPS) is 11.9. The molecule has 96 valence electrons. The molecule has 0 saturated heterocycles. The van der Waals surface area contributed by atoms with E-state index in [1.54, 1.807) is 0 Å². The van der Waals surface area contributed by atoms with Crippen molar-refractivity contribution in [2.75, 3.05) is 6.61 Å². The second kappa shape index (κ2) is 5.57. The maximum Gasteiger partial charge on any atom is 0.416 e. The molecule has 0 saturated carbocycles. The molecule has 0 N–H and O–H groups in total. The number of ether oxygens (including phenoxy) is 1. The Labute approximate surface area is 100.0 Å². The minimum atomic E-state index is -4.55. The van der Waals surface area contributed by atoms with Crippen LogP contribution in [0.15, 0.2) is 18.2 Å². The van der Waals surface area contributed by atoms with Gasteiger partial charge in [0.2, 0.25) is 0 Å². The van der Waals surface area contributed by atoms with Crippen LogP contribution in [0.5, 0.6) is 5.75 Å². The molecular formula is C10H9F5OS. The van der Waals surface area contributed by atoms with Crippen LogP contribution in [0.25, 0.3) is 0 Å². The molecule has 0 bridgehead atoms. The van der Waals surface area contributed by atoms with Crippen molar-refractivity contribution in [3.05, 3.63) is 29.3 Å². The Balaban J connectivity index is 3.06. The van der Waals surface area contributed by atoms with Crippen molar-refractivity contribution < 1.29 is 26.7 Å². The molecule has 0 aliphatic carbocycles. The lowest BCUT2D eigenvalue weighted by molar-refractivity contribution is -0.138. The highest BCUT2D eigenvalue weighted by Crippen LogP contribution is 2.36. The minimum absolute atomic E-state index is 0.213. The van der Waals surface area contributed by atoms with E-state index in [-0.39, 0.29) is 17.1 Å². The van der Waals surface area contributed by atoms with Crippen LogP contribution in [0.4, 0.5) is 22.0 Å². The minimum Gasteiger partial charge on any atom is -0.487 e. The molecule has 0 amide bonds. The van der Waals surface area contributed by atoms with E-state index in [1.807, 2.05) is 0 Å². The molecule has 0 aliphatic rings. The smallest absolute Gasteiger partial charge is 0.416 e. The zero-order chi connectivity index (χ0) is 13.1. The summed E-state index contributed by atoms with van der Waals surface area (Å²) in [6.45, 7) is -0.942. The maximum absolute atomic E-state index is 12.6. The molecule has 1 aromatic carbocycles. The zero-order valence-electron chi connectivity index (χ0n) is 8.47. The number of rotatable bonds is 4. The van der Waals surface area contributed by atoms with E-state index >= 15 is 0 Å². The topological polar surface area (TPSA) is 9.23 Å². The van der Waals surface area contributed by atoms with Crippen molar-refractivity contribution in [3.8, 4) is 5.75 Å². The summed E-state index contributed by atoms with van der Waals surface area (Å²) in [4.78, 5) is 0. The quantitative estimate of drug-likeness (QED) is 0.648. The molecule has 0 spiro atoms. The first-order valence-electron chi connectivity index (χ1n) is 4.57. The van der Waals surface area contributed by atoms with Crippen molar-refractivity contribution in [3.63, 3.8) is 0 Å². The fraction of sp³-hybridized carbons (Fsp3) is 0.400. The van der Waals surface area contributed by atoms with Crippen molar-refractivity contribution in [2.24, 2.45) is 0 Å². The predicted molar refractivity (Wildman–Crippen MR) is 55.6 cm³/mol. The van der Waals surface area contributed by atoms with E-state index in [1.165, 1.54) is 6.07 Å². The highest BCUT2D eigenvalue weighted by molar-refractivity contribution is 7.79. The number of hydrogen-bond donors (Lipinski definition) is 1. The van der Waals surface area contributed by atoms with Crippen LogP contribution in [0.2, 0.25) is 0 Å². The van der Waals surface area contributed by atoms with Gasteiger partial charge in [-0.15, -0.1) is 0 Å². The van der Waals surface area contributed by atoms with E-state index < -0.39 is 24.8 Å². The Bertz CT molecular complexity index is 377. The number of hydrogen-bond acceptors (Lipinski definition) is 2. The van der Waals surface area contributed by atoms with E-state index in [0.717, 1.165) is 12.1 Å². The fourth-order valence-corrected chi connectivity index (χ4v) is 1.61. The number of benzene rings is 1. The van der Waals surface area contributed by atoms with Crippen molar-refractivity contribution >= 4 is 12.6 Å². The summed E-state index contributed by atoms with van der Waals surface area (Å²) >= 11 is 3.76. The molecule has 1 nitrogen and oxygen atoms in total. The van der Waals surface area contributed by atoms with E-state index in [9.17, 15) is 22.0 Å². The Kier molecular flexibility index (Phi) is 4.62. The molecule has 0 atom stereocenters. The Morgan fingerprint density at radius 1 is 1.24 bits per heavy atom. The zero-order valence-corrected chi connectivity index (χ0v) is 9.36. The molecule has 0 radical (unpaired) electrons. The standard InChI is InChI=1S/C10H9F5OS/c11-9(12)4-16-8-3-1-2-7(6(8)5-17)10(13,14)15/h1-3,9,17H,4-5H2.